The Kier molecular flexibility index (Phi) is 5.37. The Bertz CT molecular complexity index is 932. The van der Waals surface area contributed by atoms with Gasteiger partial charge in [0.05, 0.1) is 5.75 Å². The maximum absolute atomic E-state index is 13.3. The van der Waals surface area contributed by atoms with E-state index in [1.54, 1.807) is 12.1 Å². The van der Waals surface area contributed by atoms with Gasteiger partial charge in [0, 0.05) is 11.3 Å². The lowest BCUT2D eigenvalue weighted by molar-refractivity contribution is -0.113. The van der Waals surface area contributed by atoms with Crippen molar-refractivity contribution < 1.29 is 13.6 Å². The number of hydrogen-bond acceptors (Lipinski definition) is 5. The van der Waals surface area contributed by atoms with Gasteiger partial charge in [-0.1, -0.05) is 35.5 Å². The van der Waals surface area contributed by atoms with Crippen molar-refractivity contribution in [2.24, 2.45) is 0 Å². The van der Waals surface area contributed by atoms with E-state index in [-0.39, 0.29) is 28.6 Å². The molecule has 0 fully saturated rings. The number of aromatic nitrogens is 2. The predicted molar refractivity (Wildman–Crippen MR) is 99.7 cm³/mol. The quantitative estimate of drug-likeness (QED) is 0.667. The van der Waals surface area contributed by atoms with E-state index >= 15 is 0 Å². The number of rotatable bonds is 5. The van der Waals surface area contributed by atoms with Gasteiger partial charge in [-0.05, 0) is 50.1 Å². The van der Waals surface area contributed by atoms with Crippen LogP contribution in [0, 0.1) is 26.6 Å². The lowest BCUT2D eigenvalue weighted by atomic mass is 10.1. The second-order valence-corrected chi connectivity index (χ2v) is 6.92. The summed E-state index contributed by atoms with van der Waals surface area (Å²) in [4.78, 5) is 12.2. The molecule has 0 saturated heterocycles. The first-order valence-corrected chi connectivity index (χ1v) is 9.01. The van der Waals surface area contributed by atoms with Gasteiger partial charge < -0.3 is 9.73 Å². The number of aryl methyl sites for hydroxylation is 3. The molecule has 1 aromatic heterocycles. The van der Waals surface area contributed by atoms with E-state index in [0.717, 1.165) is 34.1 Å². The highest BCUT2D eigenvalue weighted by molar-refractivity contribution is 7.99. The molecule has 0 saturated carbocycles. The topological polar surface area (TPSA) is 68.0 Å². The number of thioether (sulfide) groups is 1. The predicted octanol–water partition coefficient (Wildman–Crippen LogP) is 4.53. The van der Waals surface area contributed by atoms with Crippen molar-refractivity contribution in [3.8, 4) is 11.5 Å². The third-order valence-corrected chi connectivity index (χ3v) is 4.56. The van der Waals surface area contributed by atoms with Gasteiger partial charge in [0.2, 0.25) is 11.8 Å². The Balaban J connectivity index is 1.62. The average molecular weight is 371 g/mol. The number of amides is 1. The zero-order valence-electron chi connectivity index (χ0n) is 14.7. The smallest absolute Gasteiger partial charge is 0.277 e. The van der Waals surface area contributed by atoms with Crippen LogP contribution in [0.4, 0.5) is 10.1 Å². The van der Waals surface area contributed by atoms with Crippen molar-refractivity contribution in [2.45, 2.75) is 26.0 Å². The first kappa shape index (κ1) is 18.1. The molecule has 0 radical (unpaired) electrons. The number of hydrogen-bond donors (Lipinski definition) is 1. The Labute approximate surface area is 155 Å². The van der Waals surface area contributed by atoms with Crippen LogP contribution in [0.15, 0.2) is 46.0 Å². The van der Waals surface area contributed by atoms with Gasteiger partial charge in [0.15, 0.2) is 0 Å². The van der Waals surface area contributed by atoms with Gasteiger partial charge >= 0.3 is 0 Å². The summed E-state index contributed by atoms with van der Waals surface area (Å²) in [6, 6.07) is 9.96. The third kappa shape index (κ3) is 4.29. The van der Waals surface area contributed by atoms with E-state index in [1.807, 2.05) is 32.9 Å². The van der Waals surface area contributed by atoms with Gasteiger partial charge in [0.1, 0.15) is 5.82 Å². The molecule has 5 nitrogen and oxygen atoms in total. The van der Waals surface area contributed by atoms with Crippen LogP contribution in [0.1, 0.15) is 16.7 Å². The molecule has 0 bridgehead atoms. The zero-order chi connectivity index (χ0) is 18.7. The maximum atomic E-state index is 13.3. The molecule has 0 aliphatic carbocycles. The number of anilines is 1. The van der Waals surface area contributed by atoms with Crippen LogP contribution in [-0.4, -0.2) is 21.9 Å². The van der Waals surface area contributed by atoms with Crippen molar-refractivity contribution in [1.82, 2.24) is 10.2 Å². The molecule has 7 heteroatoms. The minimum Gasteiger partial charge on any atom is -0.411 e. The van der Waals surface area contributed by atoms with Gasteiger partial charge in [0.25, 0.3) is 5.22 Å². The summed E-state index contributed by atoms with van der Waals surface area (Å²) in [5, 5.41) is 11.0. The minimum absolute atomic E-state index is 0.136. The monoisotopic (exact) mass is 371 g/mol. The molecule has 1 N–H and O–H groups in total. The van der Waals surface area contributed by atoms with Crippen LogP contribution >= 0.6 is 11.8 Å². The number of carbonyl (C=O) groups is 1. The van der Waals surface area contributed by atoms with E-state index in [9.17, 15) is 9.18 Å². The molecular formula is C19H18FN3O2S. The van der Waals surface area contributed by atoms with Crippen LogP contribution < -0.4 is 5.32 Å². The molecular weight excluding hydrogens is 353 g/mol. The Hall–Kier alpha value is -2.67. The van der Waals surface area contributed by atoms with E-state index in [1.165, 1.54) is 12.1 Å². The first-order chi connectivity index (χ1) is 12.4. The minimum atomic E-state index is -0.377. The highest BCUT2D eigenvalue weighted by Crippen LogP contribution is 2.25. The molecule has 1 heterocycles. The fourth-order valence-electron chi connectivity index (χ4n) is 2.69. The fourth-order valence-corrected chi connectivity index (χ4v) is 3.25. The second kappa shape index (κ2) is 7.70. The van der Waals surface area contributed by atoms with Crippen molar-refractivity contribution in [3.05, 3.63) is 58.9 Å². The summed E-state index contributed by atoms with van der Waals surface area (Å²) < 4.78 is 18.7. The number of nitrogens with zero attached hydrogens (tertiary/aromatic N) is 2. The number of carbonyl (C=O) groups excluding carboxylic acids is 1. The highest BCUT2D eigenvalue weighted by atomic mass is 32.2. The van der Waals surface area contributed by atoms with Crippen molar-refractivity contribution in [3.63, 3.8) is 0 Å². The number of benzene rings is 2. The highest BCUT2D eigenvalue weighted by Gasteiger charge is 2.13. The van der Waals surface area contributed by atoms with E-state index in [2.05, 4.69) is 15.5 Å². The molecule has 0 aliphatic heterocycles. The Morgan fingerprint density at radius 2 is 1.88 bits per heavy atom. The number of halogens is 1. The molecule has 0 spiro atoms. The van der Waals surface area contributed by atoms with Crippen LogP contribution in [0.25, 0.3) is 11.5 Å². The summed E-state index contributed by atoms with van der Waals surface area (Å²) in [6.45, 7) is 5.95. The first-order valence-electron chi connectivity index (χ1n) is 8.02. The summed E-state index contributed by atoms with van der Waals surface area (Å²) in [7, 11) is 0. The Morgan fingerprint density at radius 3 is 2.58 bits per heavy atom. The van der Waals surface area contributed by atoms with E-state index in [4.69, 9.17) is 4.42 Å². The second-order valence-electron chi connectivity index (χ2n) is 5.99. The average Bonchev–Trinajstić information content (AvgIpc) is 3.05. The molecule has 3 aromatic rings. The van der Waals surface area contributed by atoms with Gasteiger partial charge in [-0.15, -0.1) is 10.2 Å². The van der Waals surface area contributed by atoms with Crippen molar-refractivity contribution in [2.75, 3.05) is 11.1 Å². The third-order valence-electron chi connectivity index (χ3n) is 3.75. The largest absolute Gasteiger partial charge is 0.411 e. The van der Waals surface area contributed by atoms with E-state index < -0.39 is 0 Å². The molecule has 0 unspecified atom stereocenters. The molecule has 134 valence electrons. The van der Waals surface area contributed by atoms with Crippen LogP contribution in [0.3, 0.4) is 0 Å². The summed E-state index contributed by atoms with van der Waals surface area (Å²) in [6.07, 6.45) is 0. The normalized spacial score (nSPS) is 10.8. The van der Waals surface area contributed by atoms with Crippen molar-refractivity contribution in [1.29, 1.82) is 0 Å². The zero-order valence-corrected chi connectivity index (χ0v) is 15.5. The van der Waals surface area contributed by atoms with E-state index in [0.29, 0.717) is 5.56 Å². The van der Waals surface area contributed by atoms with Gasteiger partial charge in [-0.3, -0.25) is 4.79 Å². The fraction of sp³-hybridized carbons (Fsp3) is 0.211. The van der Waals surface area contributed by atoms with Crippen LogP contribution in [0.2, 0.25) is 0 Å². The summed E-state index contributed by atoms with van der Waals surface area (Å²) in [5.41, 5.74) is 4.52. The lowest BCUT2D eigenvalue weighted by Crippen LogP contribution is -2.15. The van der Waals surface area contributed by atoms with Crippen LogP contribution in [0.5, 0.6) is 0 Å². The molecule has 0 atom stereocenters. The number of nitrogens with one attached hydrogen (secondary N) is 1. The molecule has 2 aromatic carbocycles. The van der Waals surface area contributed by atoms with Crippen molar-refractivity contribution >= 4 is 23.4 Å². The molecule has 3 rings (SSSR count). The standard InChI is InChI=1S/C19H18FN3O2S/c1-11-7-12(2)17(13(3)8-11)21-16(24)10-26-19-23-22-18(25-19)14-5-4-6-15(20)9-14/h4-9H,10H2,1-3H3,(H,21,24). The summed E-state index contributed by atoms with van der Waals surface area (Å²) in [5.74, 6) is -0.177. The maximum Gasteiger partial charge on any atom is 0.277 e. The summed E-state index contributed by atoms with van der Waals surface area (Å²) >= 11 is 1.14. The van der Waals surface area contributed by atoms with Gasteiger partial charge in [-0.2, -0.15) is 0 Å². The van der Waals surface area contributed by atoms with Crippen LogP contribution in [-0.2, 0) is 4.79 Å². The molecule has 0 aliphatic rings. The molecule has 1 amide bonds. The molecule has 26 heavy (non-hydrogen) atoms. The lowest BCUT2D eigenvalue weighted by Gasteiger charge is -2.12. The Morgan fingerprint density at radius 1 is 1.15 bits per heavy atom. The SMILES string of the molecule is Cc1cc(C)c(NC(=O)CSc2nnc(-c3cccc(F)c3)o2)c(C)c1. The van der Waals surface area contributed by atoms with Gasteiger partial charge in [-0.25, -0.2) is 4.39 Å².